The third-order valence-electron chi connectivity index (χ3n) is 1.63. The molecule has 0 aromatic rings. The Hall–Kier alpha value is 0.0700. The third kappa shape index (κ3) is 3.31. The van der Waals surface area contributed by atoms with E-state index in [1.165, 1.54) is 0 Å². The van der Waals surface area contributed by atoms with Crippen molar-refractivity contribution in [2.75, 3.05) is 4.43 Å². The predicted molar refractivity (Wildman–Crippen MR) is 53.0 cm³/mol. The summed E-state index contributed by atoms with van der Waals surface area (Å²) in [7, 11) is 0. The van der Waals surface area contributed by atoms with Crippen molar-refractivity contribution in [2.24, 2.45) is 5.92 Å². The van der Waals surface area contributed by atoms with Crippen LogP contribution in [-0.2, 0) is 9.59 Å². The van der Waals surface area contributed by atoms with E-state index < -0.39 is 0 Å². The predicted octanol–water partition coefficient (Wildman–Crippen LogP) is 2.00. The van der Waals surface area contributed by atoms with Crippen LogP contribution in [0.1, 0.15) is 26.7 Å². The lowest BCUT2D eigenvalue weighted by molar-refractivity contribution is -0.131. The summed E-state index contributed by atoms with van der Waals surface area (Å²) < 4.78 is 0.622. The van der Waals surface area contributed by atoms with Crippen molar-refractivity contribution in [3.63, 3.8) is 0 Å². The minimum atomic E-state index is -0.342. The van der Waals surface area contributed by atoms with E-state index in [2.05, 4.69) is 22.6 Å². The highest BCUT2D eigenvalue weighted by atomic mass is 127. The van der Waals surface area contributed by atoms with Crippen LogP contribution in [-0.4, -0.2) is 16.0 Å². The van der Waals surface area contributed by atoms with E-state index >= 15 is 0 Å². The van der Waals surface area contributed by atoms with Gasteiger partial charge in [-0.05, 0) is 0 Å². The molecule has 3 heteroatoms. The molecule has 11 heavy (non-hydrogen) atoms. The number of carbonyl (C=O) groups is 2. The summed E-state index contributed by atoms with van der Waals surface area (Å²) in [6.45, 7) is 3.59. The second-order valence-corrected chi connectivity index (χ2v) is 3.23. The standard InChI is InChI=1S/C8H13IO2/c1-3-7(10)6(5-9)8(11)4-2/h6H,3-5H2,1-2H3. The van der Waals surface area contributed by atoms with Crippen LogP contribution < -0.4 is 0 Å². The van der Waals surface area contributed by atoms with Crippen molar-refractivity contribution in [2.45, 2.75) is 26.7 Å². The van der Waals surface area contributed by atoms with Gasteiger partial charge in [-0.15, -0.1) is 0 Å². The molecule has 2 nitrogen and oxygen atoms in total. The zero-order chi connectivity index (χ0) is 8.85. The molecule has 0 rings (SSSR count). The van der Waals surface area contributed by atoms with E-state index in [-0.39, 0.29) is 17.5 Å². The first-order valence-electron chi connectivity index (χ1n) is 3.78. The molecule has 0 N–H and O–H groups in total. The number of ketones is 2. The molecule has 0 spiro atoms. The van der Waals surface area contributed by atoms with Gasteiger partial charge in [-0.2, -0.15) is 0 Å². The number of hydrogen-bond acceptors (Lipinski definition) is 2. The molecular formula is C8H13IO2. The Kier molecular flexibility index (Phi) is 5.72. The molecule has 0 atom stereocenters. The van der Waals surface area contributed by atoms with E-state index in [4.69, 9.17) is 0 Å². The third-order valence-corrected chi connectivity index (χ3v) is 2.51. The molecule has 0 unspecified atom stereocenters. The SMILES string of the molecule is CCC(=O)C(CI)C(=O)CC. The summed E-state index contributed by atoms with van der Waals surface area (Å²) in [5, 5.41) is 0. The van der Waals surface area contributed by atoms with Gasteiger partial charge in [0.2, 0.25) is 0 Å². The van der Waals surface area contributed by atoms with Crippen LogP contribution in [0.3, 0.4) is 0 Å². The molecule has 0 fully saturated rings. The van der Waals surface area contributed by atoms with E-state index in [1.807, 2.05) is 0 Å². The maximum Gasteiger partial charge on any atom is 0.143 e. The number of hydrogen-bond donors (Lipinski definition) is 0. The average molecular weight is 268 g/mol. The van der Waals surface area contributed by atoms with E-state index in [9.17, 15) is 9.59 Å². The van der Waals surface area contributed by atoms with Gasteiger partial charge < -0.3 is 0 Å². The van der Waals surface area contributed by atoms with Gasteiger partial charge in [0.1, 0.15) is 11.6 Å². The average Bonchev–Trinajstić information content (AvgIpc) is 2.05. The van der Waals surface area contributed by atoms with Crippen molar-refractivity contribution in [3.8, 4) is 0 Å². The summed E-state index contributed by atoms with van der Waals surface area (Å²) in [6, 6.07) is 0. The molecule has 0 aliphatic rings. The fourth-order valence-electron chi connectivity index (χ4n) is 0.844. The number of rotatable bonds is 5. The van der Waals surface area contributed by atoms with Crippen molar-refractivity contribution in [1.82, 2.24) is 0 Å². The summed E-state index contributed by atoms with van der Waals surface area (Å²) in [5.41, 5.74) is 0. The molecule has 0 saturated heterocycles. The van der Waals surface area contributed by atoms with Gasteiger partial charge in [0.05, 0.1) is 5.92 Å². The molecule has 64 valence electrons. The smallest absolute Gasteiger partial charge is 0.143 e. The number of alkyl halides is 1. The molecular weight excluding hydrogens is 255 g/mol. The van der Waals surface area contributed by atoms with Crippen LogP contribution in [0.2, 0.25) is 0 Å². The van der Waals surface area contributed by atoms with Crippen LogP contribution in [0, 0.1) is 5.92 Å². The summed E-state index contributed by atoms with van der Waals surface area (Å²) in [5.74, 6) is -0.192. The first-order valence-corrected chi connectivity index (χ1v) is 5.31. The minimum Gasteiger partial charge on any atom is -0.299 e. The zero-order valence-corrected chi connectivity index (χ0v) is 9.05. The van der Waals surface area contributed by atoms with Gasteiger partial charge in [-0.25, -0.2) is 0 Å². The van der Waals surface area contributed by atoms with Gasteiger partial charge in [0, 0.05) is 17.3 Å². The Labute approximate surface area is 80.9 Å². The van der Waals surface area contributed by atoms with E-state index in [0.29, 0.717) is 17.3 Å². The quantitative estimate of drug-likeness (QED) is 0.434. The van der Waals surface area contributed by atoms with Gasteiger partial charge >= 0.3 is 0 Å². The van der Waals surface area contributed by atoms with Crippen LogP contribution in [0.15, 0.2) is 0 Å². The number of Topliss-reactive ketones (excluding diaryl/α,β-unsaturated/α-hetero) is 2. The Morgan fingerprint density at radius 1 is 1.18 bits per heavy atom. The summed E-state index contributed by atoms with van der Waals surface area (Å²) in [4.78, 5) is 22.2. The second kappa shape index (κ2) is 5.69. The first kappa shape index (κ1) is 11.1. The highest BCUT2D eigenvalue weighted by Crippen LogP contribution is 2.09. The second-order valence-electron chi connectivity index (χ2n) is 2.35. The lowest BCUT2D eigenvalue weighted by Gasteiger charge is -2.07. The molecule has 0 amide bonds. The maximum absolute atomic E-state index is 11.1. The topological polar surface area (TPSA) is 34.1 Å². The molecule has 0 heterocycles. The Bertz CT molecular complexity index is 138. The number of halogens is 1. The first-order chi connectivity index (χ1) is 5.17. The Balaban J connectivity index is 4.15. The van der Waals surface area contributed by atoms with Gasteiger partial charge in [0.15, 0.2) is 0 Å². The monoisotopic (exact) mass is 268 g/mol. The normalized spacial score (nSPS) is 10.2. The fourth-order valence-corrected chi connectivity index (χ4v) is 1.83. The molecule has 0 aliphatic carbocycles. The van der Waals surface area contributed by atoms with E-state index in [1.54, 1.807) is 13.8 Å². The molecule has 0 aromatic heterocycles. The molecule has 0 aliphatic heterocycles. The van der Waals surface area contributed by atoms with E-state index in [0.717, 1.165) is 0 Å². The minimum absolute atomic E-state index is 0.0752. The van der Waals surface area contributed by atoms with Gasteiger partial charge in [-0.3, -0.25) is 9.59 Å². The van der Waals surface area contributed by atoms with Crippen LogP contribution in [0.4, 0.5) is 0 Å². The largest absolute Gasteiger partial charge is 0.299 e. The van der Waals surface area contributed by atoms with Crippen molar-refractivity contribution in [1.29, 1.82) is 0 Å². The molecule has 0 radical (unpaired) electrons. The lowest BCUT2D eigenvalue weighted by atomic mass is 9.98. The Morgan fingerprint density at radius 3 is 1.73 bits per heavy atom. The van der Waals surface area contributed by atoms with Crippen LogP contribution >= 0.6 is 22.6 Å². The maximum atomic E-state index is 11.1. The van der Waals surface area contributed by atoms with Crippen molar-refractivity contribution >= 4 is 34.2 Å². The highest BCUT2D eigenvalue weighted by molar-refractivity contribution is 14.1. The van der Waals surface area contributed by atoms with Crippen molar-refractivity contribution < 1.29 is 9.59 Å². The zero-order valence-electron chi connectivity index (χ0n) is 6.89. The molecule has 0 bridgehead atoms. The van der Waals surface area contributed by atoms with Crippen LogP contribution in [0.25, 0.3) is 0 Å². The summed E-state index contributed by atoms with van der Waals surface area (Å²) in [6.07, 6.45) is 0.943. The number of carbonyl (C=O) groups excluding carboxylic acids is 2. The van der Waals surface area contributed by atoms with Gasteiger partial charge in [-0.1, -0.05) is 36.4 Å². The highest BCUT2D eigenvalue weighted by Gasteiger charge is 2.21. The van der Waals surface area contributed by atoms with Gasteiger partial charge in [0.25, 0.3) is 0 Å². The van der Waals surface area contributed by atoms with Crippen LogP contribution in [0.5, 0.6) is 0 Å². The van der Waals surface area contributed by atoms with Crippen molar-refractivity contribution in [3.05, 3.63) is 0 Å². The lowest BCUT2D eigenvalue weighted by Crippen LogP contribution is -2.24. The molecule has 0 aromatic carbocycles. The fraction of sp³-hybridized carbons (Fsp3) is 0.750. The summed E-state index contributed by atoms with van der Waals surface area (Å²) >= 11 is 2.08. The Morgan fingerprint density at radius 2 is 1.55 bits per heavy atom. The molecule has 0 saturated carbocycles.